The molecule has 0 aliphatic carbocycles. The lowest BCUT2D eigenvalue weighted by Gasteiger charge is -2.28. The van der Waals surface area contributed by atoms with Crippen molar-refractivity contribution in [3.8, 4) is 0 Å². The lowest BCUT2D eigenvalue weighted by Crippen LogP contribution is -2.41. The SMILES string of the molecule is Cc1nc(SCC(=O)N(Cc2ccccc2)C2CCS(=O)(=O)C2)nc(C)c1C. The number of amides is 1. The minimum atomic E-state index is -3.07. The molecule has 2 aromatic rings. The van der Waals surface area contributed by atoms with Crippen molar-refractivity contribution in [3.05, 3.63) is 52.8 Å². The summed E-state index contributed by atoms with van der Waals surface area (Å²) in [7, 11) is -3.07. The summed E-state index contributed by atoms with van der Waals surface area (Å²) in [6, 6.07) is 9.39. The Morgan fingerprint density at radius 3 is 2.36 bits per heavy atom. The van der Waals surface area contributed by atoms with Crippen LogP contribution in [0.15, 0.2) is 35.5 Å². The highest BCUT2D eigenvalue weighted by molar-refractivity contribution is 7.99. The first-order valence-corrected chi connectivity index (χ1v) is 12.0. The van der Waals surface area contributed by atoms with E-state index in [0.717, 1.165) is 22.5 Å². The average molecular weight is 420 g/mol. The Hall–Kier alpha value is -1.93. The molecule has 6 nitrogen and oxygen atoms in total. The Labute approximate surface area is 170 Å². The number of carbonyl (C=O) groups is 1. The van der Waals surface area contributed by atoms with E-state index in [9.17, 15) is 13.2 Å². The number of aryl methyl sites for hydroxylation is 2. The first-order valence-electron chi connectivity index (χ1n) is 9.23. The third-order valence-electron chi connectivity index (χ3n) is 5.10. The summed E-state index contributed by atoms with van der Waals surface area (Å²) in [5.74, 6) is 0.277. The number of hydrogen-bond donors (Lipinski definition) is 0. The van der Waals surface area contributed by atoms with Crippen LogP contribution in [-0.2, 0) is 21.2 Å². The Morgan fingerprint density at radius 1 is 1.14 bits per heavy atom. The van der Waals surface area contributed by atoms with Crippen molar-refractivity contribution in [3.63, 3.8) is 0 Å². The smallest absolute Gasteiger partial charge is 0.233 e. The second-order valence-corrected chi connectivity index (χ2v) is 10.3. The summed E-state index contributed by atoms with van der Waals surface area (Å²) in [6.07, 6.45) is 0.491. The zero-order valence-electron chi connectivity index (χ0n) is 16.4. The van der Waals surface area contributed by atoms with Gasteiger partial charge in [0.1, 0.15) is 0 Å². The monoisotopic (exact) mass is 419 g/mol. The molecule has 0 N–H and O–H groups in total. The van der Waals surface area contributed by atoms with Gasteiger partial charge in [-0.1, -0.05) is 42.1 Å². The minimum Gasteiger partial charge on any atom is -0.334 e. The van der Waals surface area contributed by atoms with Crippen LogP contribution in [0.5, 0.6) is 0 Å². The fraction of sp³-hybridized carbons (Fsp3) is 0.450. The van der Waals surface area contributed by atoms with Gasteiger partial charge in [0.05, 0.1) is 17.3 Å². The predicted molar refractivity (Wildman–Crippen MR) is 111 cm³/mol. The molecule has 1 aliphatic rings. The van der Waals surface area contributed by atoms with Crippen molar-refractivity contribution in [2.75, 3.05) is 17.3 Å². The van der Waals surface area contributed by atoms with E-state index < -0.39 is 9.84 Å². The maximum Gasteiger partial charge on any atom is 0.233 e. The number of aromatic nitrogens is 2. The van der Waals surface area contributed by atoms with E-state index in [4.69, 9.17) is 0 Å². The van der Waals surface area contributed by atoms with Crippen molar-refractivity contribution in [1.82, 2.24) is 14.9 Å². The van der Waals surface area contributed by atoms with Gasteiger partial charge >= 0.3 is 0 Å². The number of hydrogen-bond acceptors (Lipinski definition) is 6. The number of nitrogens with zero attached hydrogens (tertiary/aromatic N) is 3. The number of rotatable bonds is 6. The highest BCUT2D eigenvalue weighted by Gasteiger charge is 2.34. The van der Waals surface area contributed by atoms with Gasteiger partial charge < -0.3 is 4.90 Å². The minimum absolute atomic E-state index is 0.0372. The third-order valence-corrected chi connectivity index (χ3v) is 7.68. The van der Waals surface area contributed by atoms with Gasteiger partial charge in [0.2, 0.25) is 5.91 Å². The molecule has 1 aliphatic heterocycles. The Bertz CT molecular complexity index is 939. The van der Waals surface area contributed by atoms with Gasteiger partial charge in [-0.25, -0.2) is 18.4 Å². The zero-order valence-corrected chi connectivity index (χ0v) is 18.0. The van der Waals surface area contributed by atoms with E-state index in [2.05, 4.69) is 9.97 Å². The van der Waals surface area contributed by atoms with E-state index >= 15 is 0 Å². The molecule has 28 heavy (non-hydrogen) atoms. The van der Waals surface area contributed by atoms with Crippen LogP contribution in [0.2, 0.25) is 0 Å². The molecule has 0 bridgehead atoms. The molecule has 1 atom stereocenters. The van der Waals surface area contributed by atoms with Crippen LogP contribution in [0.4, 0.5) is 0 Å². The number of sulfone groups is 1. The molecule has 0 saturated carbocycles. The van der Waals surface area contributed by atoms with Gasteiger partial charge in [-0.05, 0) is 38.3 Å². The van der Waals surface area contributed by atoms with Crippen LogP contribution in [0.25, 0.3) is 0 Å². The highest BCUT2D eigenvalue weighted by Crippen LogP contribution is 2.23. The van der Waals surface area contributed by atoms with E-state index in [0.29, 0.717) is 18.1 Å². The summed E-state index contributed by atoms with van der Waals surface area (Å²) < 4.78 is 23.9. The summed E-state index contributed by atoms with van der Waals surface area (Å²) >= 11 is 1.30. The highest BCUT2D eigenvalue weighted by atomic mass is 32.2. The standard InChI is InChI=1S/C20H25N3O3S2/c1-14-15(2)21-20(22-16(14)3)27-12-19(24)23(11-17-7-5-4-6-8-17)18-9-10-28(25,26)13-18/h4-8,18H,9-13H2,1-3H3. The molecular weight excluding hydrogens is 394 g/mol. The van der Waals surface area contributed by atoms with Gasteiger partial charge in [-0.3, -0.25) is 4.79 Å². The summed E-state index contributed by atoms with van der Waals surface area (Å²) in [5, 5.41) is 0.577. The molecule has 150 valence electrons. The molecule has 1 aromatic heterocycles. The normalized spacial score (nSPS) is 18.2. The second kappa shape index (κ2) is 8.61. The van der Waals surface area contributed by atoms with E-state index in [-0.39, 0.29) is 29.2 Å². The second-order valence-electron chi connectivity index (χ2n) is 7.15. The maximum atomic E-state index is 13.0. The third kappa shape index (κ3) is 5.11. The topological polar surface area (TPSA) is 80.2 Å². The zero-order chi connectivity index (χ0) is 20.3. The molecule has 1 saturated heterocycles. The summed E-state index contributed by atoms with van der Waals surface area (Å²) in [6.45, 7) is 6.25. The molecular formula is C20H25N3O3S2. The largest absolute Gasteiger partial charge is 0.334 e. The van der Waals surface area contributed by atoms with Crippen LogP contribution >= 0.6 is 11.8 Å². The van der Waals surface area contributed by atoms with Gasteiger partial charge in [-0.2, -0.15) is 0 Å². The van der Waals surface area contributed by atoms with Crippen LogP contribution in [0.3, 0.4) is 0 Å². The molecule has 8 heteroatoms. The Balaban J connectivity index is 1.74. The fourth-order valence-electron chi connectivity index (χ4n) is 3.24. The lowest BCUT2D eigenvalue weighted by atomic mass is 10.1. The van der Waals surface area contributed by atoms with E-state index in [1.54, 1.807) is 4.90 Å². The van der Waals surface area contributed by atoms with Crippen molar-refractivity contribution in [2.24, 2.45) is 0 Å². The van der Waals surface area contributed by atoms with Crippen molar-refractivity contribution in [2.45, 2.75) is 44.9 Å². The van der Waals surface area contributed by atoms with Crippen molar-refractivity contribution >= 4 is 27.5 Å². The molecule has 1 fully saturated rings. The fourth-order valence-corrected chi connectivity index (χ4v) is 5.79. The molecule has 0 radical (unpaired) electrons. The van der Waals surface area contributed by atoms with Gasteiger partial charge in [-0.15, -0.1) is 0 Å². The Kier molecular flexibility index (Phi) is 6.40. The van der Waals surface area contributed by atoms with E-state index in [1.807, 2.05) is 51.1 Å². The molecule has 0 spiro atoms. The van der Waals surface area contributed by atoms with Gasteiger partial charge in [0.25, 0.3) is 0 Å². The molecule has 1 unspecified atom stereocenters. The van der Waals surface area contributed by atoms with Crippen LogP contribution in [0, 0.1) is 20.8 Å². The van der Waals surface area contributed by atoms with Crippen molar-refractivity contribution in [1.29, 1.82) is 0 Å². The van der Waals surface area contributed by atoms with Gasteiger partial charge in [0.15, 0.2) is 15.0 Å². The first-order chi connectivity index (χ1) is 13.2. The summed E-state index contributed by atoms with van der Waals surface area (Å²) in [5.41, 5.74) is 3.86. The molecule has 1 aromatic carbocycles. The molecule has 1 amide bonds. The first kappa shape index (κ1) is 20.8. The lowest BCUT2D eigenvalue weighted by molar-refractivity contribution is -0.130. The van der Waals surface area contributed by atoms with Crippen molar-refractivity contribution < 1.29 is 13.2 Å². The number of carbonyl (C=O) groups excluding carboxylic acids is 1. The molecule has 2 heterocycles. The maximum absolute atomic E-state index is 13.0. The van der Waals surface area contributed by atoms with Crippen LogP contribution in [-0.4, -0.2) is 52.5 Å². The van der Waals surface area contributed by atoms with Crippen LogP contribution in [0.1, 0.15) is 28.9 Å². The average Bonchev–Trinajstić information content (AvgIpc) is 3.02. The predicted octanol–water partition coefficient (Wildman–Crippen LogP) is 2.71. The van der Waals surface area contributed by atoms with Gasteiger partial charge in [0, 0.05) is 24.0 Å². The van der Waals surface area contributed by atoms with E-state index in [1.165, 1.54) is 11.8 Å². The van der Waals surface area contributed by atoms with Crippen LogP contribution < -0.4 is 0 Å². The number of benzene rings is 1. The quantitative estimate of drug-likeness (QED) is 0.529. The number of thioether (sulfide) groups is 1. The summed E-state index contributed by atoms with van der Waals surface area (Å²) in [4.78, 5) is 23.6. The Morgan fingerprint density at radius 2 is 1.79 bits per heavy atom. The molecule has 3 rings (SSSR count).